The van der Waals surface area contributed by atoms with Crippen LogP contribution in [0.1, 0.15) is 32.0 Å². The highest BCUT2D eigenvalue weighted by Gasteiger charge is 2.12. The van der Waals surface area contributed by atoms with Crippen LogP contribution in [-0.4, -0.2) is 37.8 Å². The second kappa shape index (κ2) is 8.12. The second-order valence-corrected chi connectivity index (χ2v) is 4.97. The first kappa shape index (κ1) is 15.9. The molecule has 0 fully saturated rings. The number of pyridine rings is 1. The molecule has 1 rings (SSSR count). The zero-order chi connectivity index (χ0) is 14.3. The van der Waals surface area contributed by atoms with Gasteiger partial charge in [0.1, 0.15) is 5.82 Å². The summed E-state index contributed by atoms with van der Waals surface area (Å²) in [7, 11) is 1.73. The Balaban J connectivity index is 2.83. The average Bonchev–Trinajstić information content (AvgIpc) is 2.38. The Morgan fingerprint density at radius 3 is 2.63 bits per heavy atom. The summed E-state index contributed by atoms with van der Waals surface area (Å²) >= 11 is 0. The lowest BCUT2D eigenvalue weighted by Crippen LogP contribution is -2.34. The maximum atomic E-state index is 5.17. The van der Waals surface area contributed by atoms with Crippen molar-refractivity contribution in [2.75, 3.05) is 31.7 Å². The third kappa shape index (κ3) is 4.80. The maximum Gasteiger partial charge on any atom is 0.129 e. The maximum absolute atomic E-state index is 5.17. The fraction of sp³-hybridized carbons (Fsp3) is 0.667. The van der Waals surface area contributed by atoms with Crippen molar-refractivity contribution in [3.8, 4) is 0 Å². The van der Waals surface area contributed by atoms with E-state index < -0.39 is 0 Å². The zero-order valence-corrected chi connectivity index (χ0v) is 12.9. The highest BCUT2D eigenvalue weighted by molar-refractivity contribution is 5.42. The van der Waals surface area contributed by atoms with Crippen molar-refractivity contribution in [1.29, 1.82) is 0 Å². The number of aryl methyl sites for hydroxylation is 1. The lowest BCUT2D eigenvalue weighted by Gasteiger charge is -2.28. The average molecular weight is 265 g/mol. The summed E-state index contributed by atoms with van der Waals surface area (Å²) < 4.78 is 5.17. The number of methoxy groups -OCH3 is 1. The second-order valence-electron chi connectivity index (χ2n) is 4.97. The Morgan fingerprint density at radius 2 is 2.11 bits per heavy atom. The number of aromatic nitrogens is 1. The number of nitrogens with one attached hydrogen (secondary N) is 1. The van der Waals surface area contributed by atoms with Crippen molar-refractivity contribution in [3.05, 3.63) is 23.4 Å². The van der Waals surface area contributed by atoms with Gasteiger partial charge in [0.15, 0.2) is 0 Å². The molecule has 1 aromatic heterocycles. The lowest BCUT2D eigenvalue weighted by molar-refractivity contribution is 0.203. The van der Waals surface area contributed by atoms with Crippen LogP contribution in [0.4, 0.5) is 5.82 Å². The Hall–Kier alpha value is -1.13. The molecule has 19 heavy (non-hydrogen) atoms. The van der Waals surface area contributed by atoms with E-state index in [1.807, 2.05) is 0 Å². The molecule has 0 bridgehead atoms. The summed E-state index contributed by atoms with van der Waals surface area (Å²) in [5, 5.41) is 3.34. The molecule has 0 saturated carbocycles. The van der Waals surface area contributed by atoms with Crippen LogP contribution in [0.25, 0.3) is 0 Å². The first-order valence-corrected chi connectivity index (χ1v) is 7.03. The van der Waals surface area contributed by atoms with Crippen molar-refractivity contribution >= 4 is 5.82 Å². The number of rotatable bonds is 8. The number of ether oxygens (including phenoxy) is 1. The molecule has 0 aliphatic heterocycles. The SMILES string of the molecule is CCNCc1ccc(N(CCOC)C(C)C)nc1C. The van der Waals surface area contributed by atoms with Gasteiger partial charge in [-0.3, -0.25) is 0 Å². The van der Waals surface area contributed by atoms with Gasteiger partial charge in [-0.15, -0.1) is 0 Å². The molecular formula is C15H27N3O. The van der Waals surface area contributed by atoms with Gasteiger partial charge in [-0.25, -0.2) is 4.98 Å². The van der Waals surface area contributed by atoms with Gasteiger partial charge in [-0.2, -0.15) is 0 Å². The first-order valence-electron chi connectivity index (χ1n) is 7.03. The minimum absolute atomic E-state index is 0.418. The molecule has 4 heteroatoms. The third-order valence-electron chi connectivity index (χ3n) is 3.20. The molecule has 0 unspecified atom stereocenters. The Bertz CT molecular complexity index is 380. The first-order chi connectivity index (χ1) is 9.10. The molecule has 1 N–H and O–H groups in total. The molecule has 0 aromatic carbocycles. The highest BCUT2D eigenvalue weighted by Crippen LogP contribution is 2.17. The van der Waals surface area contributed by atoms with E-state index in [0.29, 0.717) is 6.04 Å². The predicted molar refractivity (Wildman–Crippen MR) is 80.7 cm³/mol. The van der Waals surface area contributed by atoms with E-state index in [4.69, 9.17) is 9.72 Å². The Labute approximate surface area is 117 Å². The monoisotopic (exact) mass is 265 g/mol. The van der Waals surface area contributed by atoms with Crippen LogP contribution in [0, 0.1) is 6.92 Å². The summed E-state index contributed by atoms with van der Waals surface area (Å²) in [6.07, 6.45) is 0. The van der Waals surface area contributed by atoms with Crippen LogP contribution in [-0.2, 0) is 11.3 Å². The minimum Gasteiger partial charge on any atom is -0.383 e. The van der Waals surface area contributed by atoms with Gasteiger partial charge in [0.2, 0.25) is 0 Å². The highest BCUT2D eigenvalue weighted by atomic mass is 16.5. The fourth-order valence-electron chi connectivity index (χ4n) is 2.01. The molecule has 0 aliphatic carbocycles. The van der Waals surface area contributed by atoms with Gasteiger partial charge in [0, 0.05) is 31.9 Å². The fourth-order valence-corrected chi connectivity index (χ4v) is 2.01. The lowest BCUT2D eigenvalue weighted by atomic mass is 10.2. The van der Waals surface area contributed by atoms with Crippen LogP contribution in [0.15, 0.2) is 12.1 Å². The molecule has 4 nitrogen and oxygen atoms in total. The van der Waals surface area contributed by atoms with E-state index in [2.05, 4.69) is 50.0 Å². The summed E-state index contributed by atoms with van der Waals surface area (Å²) in [5.41, 5.74) is 2.36. The predicted octanol–water partition coefficient (Wildman–Crippen LogP) is 2.36. The van der Waals surface area contributed by atoms with Crippen molar-refractivity contribution in [1.82, 2.24) is 10.3 Å². The molecular weight excluding hydrogens is 238 g/mol. The van der Waals surface area contributed by atoms with E-state index in [1.165, 1.54) is 5.56 Å². The standard InChI is InChI=1S/C15H27N3O/c1-6-16-11-14-7-8-15(17-13(14)4)18(12(2)3)9-10-19-5/h7-8,12,16H,6,9-11H2,1-5H3. The number of hydrogen-bond donors (Lipinski definition) is 1. The normalized spacial score (nSPS) is 11.1. The molecule has 0 amide bonds. The van der Waals surface area contributed by atoms with E-state index in [1.54, 1.807) is 7.11 Å². The summed E-state index contributed by atoms with van der Waals surface area (Å²) in [4.78, 5) is 7.00. The topological polar surface area (TPSA) is 37.4 Å². The van der Waals surface area contributed by atoms with E-state index >= 15 is 0 Å². The van der Waals surface area contributed by atoms with Crippen molar-refractivity contribution in [3.63, 3.8) is 0 Å². The number of anilines is 1. The Morgan fingerprint density at radius 1 is 1.37 bits per heavy atom. The molecule has 0 saturated heterocycles. The molecule has 0 aliphatic rings. The summed E-state index contributed by atoms with van der Waals surface area (Å²) in [5.74, 6) is 1.03. The van der Waals surface area contributed by atoms with Crippen LogP contribution in [0.3, 0.4) is 0 Å². The van der Waals surface area contributed by atoms with E-state index in [-0.39, 0.29) is 0 Å². The van der Waals surface area contributed by atoms with E-state index in [0.717, 1.165) is 37.8 Å². The molecule has 0 atom stereocenters. The van der Waals surface area contributed by atoms with Gasteiger partial charge in [-0.1, -0.05) is 13.0 Å². The van der Waals surface area contributed by atoms with Gasteiger partial charge in [0.05, 0.1) is 6.61 Å². The molecule has 108 valence electrons. The van der Waals surface area contributed by atoms with Gasteiger partial charge >= 0.3 is 0 Å². The molecule has 1 heterocycles. The Kier molecular flexibility index (Phi) is 6.81. The third-order valence-corrected chi connectivity index (χ3v) is 3.20. The van der Waals surface area contributed by atoms with Gasteiger partial charge in [0.25, 0.3) is 0 Å². The summed E-state index contributed by atoms with van der Waals surface area (Å²) in [6, 6.07) is 4.69. The number of hydrogen-bond acceptors (Lipinski definition) is 4. The van der Waals surface area contributed by atoms with Crippen LogP contribution < -0.4 is 10.2 Å². The van der Waals surface area contributed by atoms with Crippen molar-refractivity contribution < 1.29 is 4.74 Å². The quantitative estimate of drug-likeness (QED) is 0.783. The van der Waals surface area contributed by atoms with Gasteiger partial charge in [-0.05, 0) is 38.9 Å². The largest absolute Gasteiger partial charge is 0.383 e. The summed E-state index contributed by atoms with van der Waals surface area (Å²) in [6.45, 7) is 12.0. The molecule has 0 spiro atoms. The van der Waals surface area contributed by atoms with Crippen LogP contribution in [0.2, 0.25) is 0 Å². The molecule has 1 aromatic rings. The van der Waals surface area contributed by atoms with Crippen LogP contribution in [0.5, 0.6) is 0 Å². The molecule has 0 radical (unpaired) electrons. The van der Waals surface area contributed by atoms with E-state index in [9.17, 15) is 0 Å². The zero-order valence-electron chi connectivity index (χ0n) is 12.9. The minimum atomic E-state index is 0.418. The van der Waals surface area contributed by atoms with Crippen molar-refractivity contribution in [2.45, 2.75) is 40.3 Å². The van der Waals surface area contributed by atoms with Crippen LogP contribution >= 0.6 is 0 Å². The van der Waals surface area contributed by atoms with Crippen molar-refractivity contribution in [2.24, 2.45) is 0 Å². The smallest absolute Gasteiger partial charge is 0.129 e. The number of nitrogens with zero attached hydrogens (tertiary/aromatic N) is 2. The van der Waals surface area contributed by atoms with Gasteiger partial charge < -0.3 is 15.0 Å².